The predicted molar refractivity (Wildman–Crippen MR) is 61.2 cm³/mol. The van der Waals surface area contributed by atoms with Crippen molar-refractivity contribution in [2.75, 3.05) is 14.2 Å². The fourth-order valence-electron chi connectivity index (χ4n) is 1.46. The van der Waals surface area contributed by atoms with Gasteiger partial charge < -0.3 is 14.2 Å². The van der Waals surface area contributed by atoms with Crippen molar-refractivity contribution in [1.29, 1.82) is 0 Å². The fourth-order valence-corrected chi connectivity index (χ4v) is 3.76. The van der Waals surface area contributed by atoms with E-state index in [0.717, 1.165) is 6.42 Å². The highest BCUT2D eigenvalue weighted by molar-refractivity contribution is 6.59. The van der Waals surface area contributed by atoms with Crippen LogP contribution in [0.25, 0.3) is 0 Å². The van der Waals surface area contributed by atoms with Crippen molar-refractivity contribution in [2.24, 2.45) is 0 Å². The molecule has 0 aliphatic heterocycles. The van der Waals surface area contributed by atoms with Gasteiger partial charge >= 0.3 is 5.97 Å². The summed E-state index contributed by atoms with van der Waals surface area (Å²) in [4.78, 5) is 11.1. The third kappa shape index (κ3) is 4.59. The van der Waals surface area contributed by atoms with Crippen LogP contribution in [-0.2, 0) is 19.0 Å². The van der Waals surface area contributed by atoms with E-state index in [1.807, 2.05) is 6.92 Å². The van der Waals surface area contributed by atoms with Crippen molar-refractivity contribution >= 4 is 14.8 Å². The number of rotatable bonds is 7. The minimum atomic E-state index is -1.44. The molecule has 2 unspecified atom stereocenters. The van der Waals surface area contributed by atoms with Crippen LogP contribution in [0.15, 0.2) is 12.7 Å². The molecule has 0 aromatic heterocycles. The molecule has 88 valence electrons. The summed E-state index contributed by atoms with van der Waals surface area (Å²) in [6.07, 6.45) is 1.95. The molecule has 0 aromatic carbocycles. The van der Waals surface area contributed by atoms with Gasteiger partial charge in [0.15, 0.2) is 8.80 Å². The number of methoxy groups -OCH3 is 2. The molecule has 4 nitrogen and oxygen atoms in total. The van der Waals surface area contributed by atoms with Crippen molar-refractivity contribution in [3.63, 3.8) is 0 Å². The number of carbonyl (C=O) groups excluding carboxylic acids is 1. The van der Waals surface area contributed by atoms with Gasteiger partial charge in [0.2, 0.25) is 0 Å². The third-order valence-electron chi connectivity index (χ3n) is 2.32. The number of carbonyl (C=O) groups is 1. The first-order chi connectivity index (χ1) is 7.10. The van der Waals surface area contributed by atoms with E-state index < -0.39 is 8.80 Å². The van der Waals surface area contributed by atoms with Crippen LogP contribution in [-0.4, -0.2) is 40.6 Å². The van der Waals surface area contributed by atoms with E-state index in [-0.39, 0.29) is 17.6 Å². The summed E-state index contributed by atoms with van der Waals surface area (Å²) in [6.45, 7) is 7.41. The molecular formula is C10H20O4Si. The molecule has 0 saturated carbocycles. The Bertz CT molecular complexity index is 204. The lowest BCUT2D eigenvalue weighted by Gasteiger charge is -2.26. The van der Waals surface area contributed by atoms with Crippen LogP contribution in [0.2, 0.25) is 6.55 Å². The van der Waals surface area contributed by atoms with E-state index in [1.54, 1.807) is 14.2 Å². The Morgan fingerprint density at radius 3 is 2.33 bits per heavy atom. The van der Waals surface area contributed by atoms with Crippen molar-refractivity contribution in [2.45, 2.75) is 31.5 Å². The summed E-state index contributed by atoms with van der Waals surface area (Å²) in [6, 6.07) is 0. The van der Waals surface area contributed by atoms with Crippen LogP contribution >= 0.6 is 0 Å². The first kappa shape index (κ1) is 14.3. The number of hydrogen-bond acceptors (Lipinski definition) is 4. The molecule has 0 N–H and O–H groups in total. The van der Waals surface area contributed by atoms with Gasteiger partial charge in [-0.1, -0.05) is 20.0 Å². The molecule has 0 spiro atoms. The van der Waals surface area contributed by atoms with E-state index in [0.29, 0.717) is 0 Å². The van der Waals surface area contributed by atoms with E-state index in [2.05, 4.69) is 13.1 Å². The summed E-state index contributed by atoms with van der Waals surface area (Å²) < 4.78 is 15.6. The molecule has 2 atom stereocenters. The van der Waals surface area contributed by atoms with E-state index in [1.165, 1.54) is 6.08 Å². The van der Waals surface area contributed by atoms with Gasteiger partial charge in [0, 0.05) is 20.3 Å². The Labute approximate surface area is 92.8 Å². The topological polar surface area (TPSA) is 44.8 Å². The Balaban J connectivity index is 4.37. The van der Waals surface area contributed by atoms with Gasteiger partial charge in [-0.25, -0.2) is 4.79 Å². The van der Waals surface area contributed by atoms with E-state index in [9.17, 15) is 4.79 Å². The lowest BCUT2D eigenvalue weighted by molar-refractivity contribution is -0.140. The van der Waals surface area contributed by atoms with E-state index >= 15 is 0 Å². The maximum Gasteiger partial charge on any atom is 0.330 e. The van der Waals surface area contributed by atoms with E-state index in [4.69, 9.17) is 14.2 Å². The first-order valence-electron chi connectivity index (χ1n) is 4.99. The van der Waals surface area contributed by atoms with Gasteiger partial charge in [0.05, 0.1) is 5.73 Å². The van der Waals surface area contributed by atoms with Gasteiger partial charge in [0.25, 0.3) is 0 Å². The number of ether oxygens (including phenoxy) is 3. The smallest absolute Gasteiger partial charge is 0.330 e. The zero-order valence-electron chi connectivity index (χ0n) is 9.86. The Kier molecular flexibility index (Phi) is 7.28. The first-order valence-corrected chi connectivity index (χ1v) is 7.48. The fraction of sp³-hybridized carbons (Fsp3) is 0.700. The van der Waals surface area contributed by atoms with Gasteiger partial charge in [-0.3, -0.25) is 0 Å². The zero-order chi connectivity index (χ0) is 11.8. The van der Waals surface area contributed by atoms with Gasteiger partial charge in [-0.15, -0.1) is 0 Å². The van der Waals surface area contributed by atoms with Crippen molar-refractivity contribution in [3.05, 3.63) is 12.7 Å². The molecule has 0 bridgehead atoms. The highest BCUT2D eigenvalue weighted by Crippen LogP contribution is 2.10. The van der Waals surface area contributed by atoms with Crippen molar-refractivity contribution in [3.8, 4) is 0 Å². The van der Waals surface area contributed by atoms with Crippen LogP contribution in [0.1, 0.15) is 13.3 Å². The van der Waals surface area contributed by atoms with Crippen LogP contribution in [0, 0.1) is 0 Å². The second kappa shape index (κ2) is 7.61. The maximum atomic E-state index is 11.1. The molecule has 0 heterocycles. The van der Waals surface area contributed by atoms with Gasteiger partial charge in [0.1, 0.15) is 5.91 Å². The lowest BCUT2D eigenvalue weighted by Crippen LogP contribution is -2.44. The second-order valence-electron chi connectivity index (χ2n) is 3.29. The molecule has 0 amide bonds. The standard InChI is InChI=1S/C10H20O4Si/c1-6-8(11)14-9(7-2)15(5)10(12-3)13-4/h6,9-10,15H,1,7H2,2-5H3. The van der Waals surface area contributed by atoms with Crippen molar-refractivity contribution in [1.82, 2.24) is 0 Å². The molecule has 0 rings (SSSR count). The van der Waals surface area contributed by atoms with Crippen LogP contribution in [0.5, 0.6) is 0 Å². The van der Waals surface area contributed by atoms with Crippen LogP contribution < -0.4 is 0 Å². The molecule has 0 aliphatic rings. The molecule has 0 aromatic rings. The lowest BCUT2D eigenvalue weighted by atomic mass is 10.5. The average molecular weight is 232 g/mol. The molecular weight excluding hydrogens is 212 g/mol. The summed E-state index contributed by atoms with van der Waals surface area (Å²) >= 11 is 0. The Hall–Kier alpha value is -0.653. The molecule has 0 aliphatic carbocycles. The summed E-state index contributed by atoms with van der Waals surface area (Å²) in [5.41, 5.74) is -0.0830. The highest BCUT2D eigenvalue weighted by Gasteiger charge is 2.28. The molecule has 0 fully saturated rings. The minimum Gasteiger partial charge on any atom is -0.463 e. The van der Waals surface area contributed by atoms with Gasteiger partial charge in [-0.05, 0) is 6.42 Å². The molecule has 0 saturated heterocycles. The number of esters is 1. The summed E-state index contributed by atoms with van der Waals surface area (Å²) in [7, 11) is 1.76. The van der Waals surface area contributed by atoms with Crippen LogP contribution in [0.3, 0.4) is 0 Å². The molecule has 15 heavy (non-hydrogen) atoms. The molecule has 0 radical (unpaired) electrons. The van der Waals surface area contributed by atoms with Crippen molar-refractivity contribution < 1.29 is 19.0 Å². The second-order valence-corrected chi connectivity index (χ2v) is 6.29. The largest absolute Gasteiger partial charge is 0.463 e. The SMILES string of the molecule is C=CC(=O)OC(CC)[SiH](C)C(OC)OC. The maximum absolute atomic E-state index is 11.1. The average Bonchev–Trinajstić information content (AvgIpc) is 2.26. The predicted octanol–water partition coefficient (Wildman–Crippen LogP) is 1.05. The highest BCUT2D eigenvalue weighted by atomic mass is 28.3. The Morgan fingerprint density at radius 2 is 2.00 bits per heavy atom. The van der Waals surface area contributed by atoms with Gasteiger partial charge in [-0.2, -0.15) is 0 Å². The normalized spacial score (nSPS) is 14.7. The third-order valence-corrected chi connectivity index (χ3v) is 5.50. The minimum absolute atomic E-state index is 0.0830. The number of hydrogen-bond donors (Lipinski definition) is 0. The summed E-state index contributed by atoms with van der Waals surface area (Å²) in [5.74, 6) is -0.611. The van der Waals surface area contributed by atoms with Crippen LogP contribution in [0.4, 0.5) is 0 Å². The summed E-state index contributed by atoms with van der Waals surface area (Å²) in [5, 5.41) is 0. The zero-order valence-corrected chi connectivity index (χ0v) is 11.0. The monoisotopic (exact) mass is 232 g/mol. The molecule has 5 heteroatoms. The Morgan fingerprint density at radius 1 is 1.47 bits per heavy atom. The quantitative estimate of drug-likeness (QED) is 0.285.